The maximum atomic E-state index is 2.64. The third-order valence-corrected chi connectivity index (χ3v) is 16.5. The molecule has 1 heterocycles. The topological polar surface area (TPSA) is 0 Å². The van der Waals surface area contributed by atoms with Gasteiger partial charge in [-0.15, -0.1) is 0 Å². The zero-order chi connectivity index (χ0) is 18.1. The Morgan fingerprint density at radius 2 is 1.23 bits per heavy atom. The normalized spacial score (nSPS) is 48.5. The van der Waals surface area contributed by atoms with E-state index in [1.165, 1.54) is 19.3 Å². The largest absolute Gasteiger partial charge is 0.0808 e. The van der Waals surface area contributed by atoms with E-state index < -0.39 is 8.07 Å². The van der Waals surface area contributed by atoms with E-state index in [4.69, 9.17) is 0 Å². The molecule has 4 aliphatic carbocycles. The van der Waals surface area contributed by atoms with Gasteiger partial charge in [-0.3, -0.25) is 0 Å². The fourth-order valence-corrected chi connectivity index (χ4v) is 16.2. The van der Waals surface area contributed by atoms with Crippen molar-refractivity contribution in [3.05, 3.63) is 47.6 Å². The van der Waals surface area contributed by atoms with Crippen LogP contribution >= 0.6 is 0 Å². The minimum atomic E-state index is -1.24. The lowest BCUT2D eigenvalue weighted by atomic mass is 9.85. The highest BCUT2D eigenvalue weighted by Crippen LogP contribution is 2.68. The van der Waals surface area contributed by atoms with E-state index in [1.807, 2.05) is 0 Å². The van der Waals surface area contributed by atoms with E-state index in [1.54, 1.807) is 23.2 Å². The Hall–Kier alpha value is -0.823. The first-order valence-corrected chi connectivity index (χ1v) is 13.8. The quantitative estimate of drug-likeness (QED) is 0.456. The van der Waals surface area contributed by atoms with Crippen LogP contribution in [0.5, 0.6) is 0 Å². The number of allylic oxidation sites excluding steroid dienone is 8. The Morgan fingerprint density at radius 1 is 0.769 bits per heavy atom. The fraction of sp³-hybridized carbons (Fsp3) is 0.680. The lowest BCUT2D eigenvalue weighted by Crippen LogP contribution is -2.55. The average Bonchev–Trinajstić information content (AvgIpc) is 3.08. The van der Waals surface area contributed by atoms with Crippen molar-refractivity contribution in [1.29, 1.82) is 0 Å². The average molecular weight is 365 g/mol. The van der Waals surface area contributed by atoms with E-state index in [0.29, 0.717) is 0 Å². The second-order valence-electron chi connectivity index (χ2n) is 10.5. The Balaban J connectivity index is 1.53. The van der Waals surface area contributed by atoms with Crippen LogP contribution in [0.4, 0.5) is 0 Å². The molecule has 0 amide bonds. The van der Waals surface area contributed by atoms with E-state index in [0.717, 1.165) is 46.6 Å². The van der Waals surface area contributed by atoms with Crippen LogP contribution in [0.25, 0.3) is 0 Å². The Labute approximate surface area is 161 Å². The van der Waals surface area contributed by atoms with Gasteiger partial charge in [-0.25, -0.2) is 0 Å². The van der Waals surface area contributed by atoms with Crippen LogP contribution in [0.3, 0.4) is 0 Å². The van der Waals surface area contributed by atoms with Gasteiger partial charge < -0.3 is 0 Å². The minimum absolute atomic E-state index is 0.862. The van der Waals surface area contributed by atoms with Crippen LogP contribution in [-0.4, -0.2) is 8.07 Å². The first-order valence-electron chi connectivity index (χ1n) is 11.2. The van der Waals surface area contributed by atoms with Crippen molar-refractivity contribution in [2.24, 2.45) is 35.5 Å². The van der Waals surface area contributed by atoms with E-state index in [9.17, 15) is 0 Å². The first kappa shape index (κ1) is 17.3. The summed E-state index contributed by atoms with van der Waals surface area (Å²) in [6.07, 6.45) is 19.3. The van der Waals surface area contributed by atoms with Crippen LogP contribution in [0.1, 0.15) is 47.0 Å². The molecule has 0 radical (unpaired) electrons. The molecule has 2 saturated carbocycles. The van der Waals surface area contributed by atoms with Gasteiger partial charge in [-0.1, -0.05) is 80.0 Å². The number of fused-ring (bicyclic) bond motifs is 2. The molecule has 1 heteroatoms. The lowest BCUT2D eigenvalue weighted by molar-refractivity contribution is 0.458. The molecule has 0 aromatic carbocycles. The summed E-state index contributed by atoms with van der Waals surface area (Å²) in [7, 11) is -1.24. The summed E-state index contributed by atoms with van der Waals surface area (Å²) >= 11 is 0. The maximum absolute atomic E-state index is 2.64. The summed E-state index contributed by atoms with van der Waals surface area (Å²) in [6, 6.07) is 3.27. The van der Waals surface area contributed by atoms with E-state index in [2.05, 4.69) is 64.2 Å². The Morgan fingerprint density at radius 3 is 1.62 bits per heavy atom. The van der Waals surface area contributed by atoms with Crippen LogP contribution in [0.15, 0.2) is 47.6 Å². The summed E-state index contributed by atoms with van der Waals surface area (Å²) in [5.41, 5.74) is 5.44. The van der Waals surface area contributed by atoms with Crippen molar-refractivity contribution < 1.29 is 0 Å². The molecule has 0 aromatic rings. The zero-order valence-electron chi connectivity index (χ0n) is 17.1. The maximum Gasteiger partial charge on any atom is 0.0615 e. The molecule has 1 aliphatic heterocycles. The molecule has 0 spiro atoms. The predicted octanol–water partition coefficient (Wildman–Crippen LogP) is 7.16. The molecule has 0 bridgehead atoms. The van der Waals surface area contributed by atoms with Gasteiger partial charge in [0.15, 0.2) is 0 Å². The van der Waals surface area contributed by atoms with Crippen LogP contribution < -0.4 is 0 Å². The van der Waals surface area contributed by atoms with Gasteiger partial charge in [0.05, 0.1) is 8.07 Å². The second kappa shape index (κ2) is 6.09. The van der Waals surface area contributed by atoms with Gasteiger partial charge in [0.1, 0.15) is 0 Å². The fourth-order valence-electron chi connectivity index (χ4n) is 8.45. The summed E-state index contributed by atoms with van der Waals surface area (Å²) in [5.74, 6) is 5.36. The molecular formula is C25H36Si. The third-order valence-electron chi connectivity index (χ3n) is 9.40. The molecule has 3 fully saturated rings. The molecule has 8 atom stereocenters. The van der Waals surface area contributed by atoms with Crippen LogP contribution in [0, 0.1) is 35.5 Å². The molecule has 5 aliphatic rings. The van der Waals surface area contributed by atoms with E-state index >= 15 is 0 Å². The molecule has 0 N–H and O–H groups in total. The van der Waals surface area contributed by atoms with Crippen LogP contribution in [-0.2, 0) is 0 Å². The molecule has 0 nitrogen and oxygen atoms in total. The second-order valence-corrected chi connectivity index (χ2v) is 15.3. The zero-order valence-corrected chi connectivity index (χ0v) is 18.1. The standard InChI is InChI=1S/C25H36Si/c1-16-8-5-10-20-22(16)14-18(3)24(20)26(12-7-13-26)25-19(4)15-23-17(2)9-6-11-21(23)25/h5-6,8-11,18-25H,7,12-15H2,1-4H3. The molecular weight excluding hydrogens is 328 g/mol. The van der Waals surface area contributed by atoms with Gasteiger partial charge >= 0.3 is 0 Å². The van der Waals surface area contributed by atoms with Gasteiger partial charge in [0, 0.05) is 0 Å². The molecule has 1 saturated heterocycles. The van der Waals surface area contributed by atoms with Gasteiger partial charge in [-0.2, -0.15) is 0 Å². The highest BCUT2D eigenvalue weighted by molar-refractivity contribution is 6.85. The molecule has 8 unspecified atom stereocenters. The highest BCUT2D eigenvalue weighted by atomic mass is 28.3. The number of hydrogen-bond acceptors (Lipinski definition) is 0. The summed E-state index contributed by atoms with van der Waals surface area (Å²) in [4.78, 5) is 0. The van der Waals surface area contributed by atoms with Crippen molar-refractivity contribution in [3.63, 3.8) is 0 Å². The van der Waals surface area contributed by atoms with Crippen molar-refractivity contribution in [3.8, 4) is 0 Å². The number of rotatable bonds is 2. The molecule has 140 valence electrons. The highest BCUT2D eigenvalue weighted by Gasteiger charge is 2.63. The van der Waals surface area contributed by atoms with Crippen molar-refractivity contribution in [1.82, 2.24) is 0 Å². The summed E-state index contributed by atoms with van der Waals surface area (Å²) in [5, 5.41) is 0. The SMILES string of the molecule is CC1=CC=CC2C1CC(C)C2[Si]1(C2C(C)CC3C(C)=CC=CC32)CCC1. The minimum Gasteiger partial charge on any atom is -0.0808 e. The Bertz CT molecular complexity index is 648. The van der Waals surface area contributed by atoms with Crippen molar-refractivity contribution in [2.75, 3.05) is 0 Å². The third kappa shape index (κ3) is 2.25. The van der Waals surface area contributed by atoms with Gasteiger partial charge in [0.2, 0.25) is 0 Å². The lowest BCUT2D eigenvalue weighted by Gasteiger charge is -2.55. The van der Waals surface area contributed by atoms with Gasteiger partial charge in [0.25, 0.3) is 0 Å². The predicted molar refractivity (Wildman–Crippen MR) is 115 cm³/mol. The number of hydrogen-bond donors (Lipinski definition) is 0. The van der Waals surface area contributed by atoms with Crippen molar-refractivity contribution >= 4 is 8.07 Å². The van der Waals surface area contributed by atoms with Crippen LogP contribution in [0.2, 0.25) is 23.2 Å². The van der Waals surface area contributed by atoms with E-state index in [-0.39, 0.29) is 0 Å². The Kier molecular flexibility index (Phi) is 4.05. The molecule has 0 aromatic heterocycles. The first-order chi connectivity index (χ1) is 12.5. The molecule has 26 heavy (non-hydrogen) atoms. The monoisotopic (exact) mass is 364 g/mol. The summed E-state index contributed by atoms with van der Waals surface area (Å²) in [6.45, 7) is 10.0. The van der Waals surface area contributed by atoms with Gasteiger partial charge in [-0.05, 0) is 73.3 Å². The van der Waals surface area contributed by atoms with Crippen molar-refractivity contribution in [2.45, 2.75) is 70.1 Å². The summed E-state index contributed by atoms with van der Waals surface area (Å²) < 4.78 is 0. The molecule has 5 rings (SSSR count). The smallest absolute Gasteiger partial charge is 0.0615 e.